The Kier molecular flexibility index (Phi) is 4.66. The van der Waals surface area contributed by atoms with Gasteiger partial charge in [0, 0.05) is 38.0 Å². The smallest absolute Gasteiger partial charge is 0.0869 e. The number of nitrogens with one attached hydrogen (secondary N) is 1. The molecular weight excluding hydrogens is 268 g/mol. The Morgan fingerprint density at radius 1 is 1.35 bits per heavy atom. The quantitative estimate of drug-likeness (QED) is 0.866. The average Bonchev–Trinajstić information content (AvgIpc) is 3.08. The highest BCUT2D eigenvalue weighted by molar-refractivity contribution is 7.99. The summed E-state index contributed by atoms with van der Waals surface area (Å²) in [4.78, 5) is 2.50. The zero-order valence-electron chi connectivity index (χ0n) is 11.9. The number of rotatable bonds is 5. The third kappa shape index (κ3) is 3.76. The molecule has 2 aliphatic heterocycles. The molecule has 0 aliphatic carbocycles. The van der Waals surface area contributed by atoms with Gasteiger partial charge >= 0.3 is 0 Å². The van der Waals surface area contributed by atoms with E-state index in [1.54, 1.807) is 0 Å². The molecule has 1 aromatic rings. The van der Waals surface area contributed by atoms with Crippen molar-refractivity contribution in [3.63, 3.8) is 0 Å². The van der Waals surface area contributed by atoms with Gasteiger partial charge in [-0.25, -0.2) is 0 Å². The van der Waals surface area contributed by atoms with Crippen LogP contribution in [-0.4, -0.2) is 52.8 Å². The molecule has 110 valence electrons. The van der Waals surface area contributed by atoms with Gasteiger partial charge in [0.25, 0.3) is 0 Å². The lowest BCUT2D eigenvalue weighted by atomic mass is 10.0. The molecule has 3 nitrogen and oxygen atoms in total. The Balaban J connectivity index is 1.43. The Hall–Kier alpha value is -0.550. The van der Waals surface area contributed by atoms with E-state index in [1.807, 2.05) is 11.8 Å². The van der Waals surface area contributed by atoms with E-state index in [2.05, 4.69) is 40.5 Å². The number of aliphatic hydroxyl groups is 1. The topological polar surface area (TPSA) is 35.5 Å². The fraction of sp³-hybridized carbons (Fsp3) is 0.625. The van der Waals surface area contributed by atoms with Gasteiger partial charge in [-0.15, -0.1) is 0 Å². The zero-order chi connectivity index (χ0) is 13.8. The van der Waals surface area contributed by atoms with E-state index in [9.17, 15) is 5.11 Å². The predicted molar refractivity (Wildman–Crippen MR) is 85.0 cm³/mol. The van der Waals surface area contributed by atoms with Crippen molar-refractivity contribution in [2.24, 2.45) is 0 Å². The molecule has 0 radical (unpaired) electrons. The number of likely N-dealkylation sites (tertiary alicyclic amines) is 1. The van der Waals surface area contributed by atoms with Crippen LogP contribution in [0.2, 0.25) is 0 Å². The van der Waals surface area contributed by atoms with Crippen LogP contribution in [0.4, 0.5) is 0 Å². The maximum Gasteiger partial charge on any atom is 0.0869 e. The summed E-state index contributed by atoms with van der Waals surface area (Å²) >= 11 is 1.87. The van der Waals surface area contributed by atoms with Crippen molar-refractivity contribution in [3.05, 3.63) is 35.9 Å². The van der Waals surface area contributed by atoms with Crippen molar-refractivity contribution in [3.8, 4) is 0 Å². The first kappa shape index (κ1) is 14.4. The molecule has 20 heavy (non-hydrogen) atoms. The van der Waals surface area contributed by atoms with Gasteiger partial charge in [0.05, 0.1) is 5.60 Å². The summed E-state index contributed by atoms with van der Waals surface area (Å²) in [6.45, 7) is 4.04. The monoisotopic (exact) mass is 292 g/mol. The minimum Gasteiger partial charge on any atom is -0.388 e. The molecular formula is C16H24N2OS. The lowest BCUT2D eigenvalue weighted by Crippen LogP contribution is -2.45. The number of thioether (sulfide) groups is 1. The molecule has 0 spiro atoms. The summed E-state index contributed by atoms with van der Waals surface area (Å²) in [5, 5.41) is 13.9. The summed E-state index contributed by atoms with van der Waals surface area (Å²) in [5.74, 6) is 1.99. The van der Waals surface area contributed by atoms with Gasteiger partial charge in [-0.2, -0.15) is 11.8 Å². The fourth-order valence-corrected chi connectivity index (χ4v) is 4.35. The predicted octanol–water partition coefficient (Wildman–Crippen LogP) is 1.72. The molecule has 0 bridgehead atoms. The summed E-state index contributed by atoms with van der Waals surface area (Å²) in [7, 11) is 0. The molecule has 1 aromatic carbocycles. The van der Waals surface area contributed by atoms with Gasteiger partial charge in [0.1, 0.15) is 0 Å². The molecule has 4 heteroatoms. The third-order valence-electron chi connectivity index (χ3n) is 4.32. The van der Waals surface area contributed by atoms with Crippen molar-refractivity contribution in [2.75, 3.05) is 31.1 Å². The minimum atomic E-state index is -0.461. The van der Waals surface area contributed by atoms with Crippen LogP contribution >= 0.6 is 11.8 Å². The second kappa shape index (κ2) is 6.48. The van der Waals surface area contributed by atoms with Crippen LogP contribution in [0, 0.1) is 0 Å². The number of benzene rings is 1. The SMILES string of the molecule is OC1(CNC2CCN(Cc3ccccc3)C2)CCSC1. The minimum absolute atomic E-state index is 0.461. The van der Waals surface area contributed by atoms with E-state index >= 15 is 0 Å². The largest absolute Gasteiger partial charge is 0.388 e. The van der Waals surface area contributed by atoms with E-state index < -0.39 is 5.60 Å². The van der Waals surface area contributed by atoms with Crippen LogP contribution in [0.1, 0.15) is 18.4 Å². The van der Waals surface area contributed by atoms with Crippen LogP contribution < -0.4 is 5.32 Å². The van der Waals surface area contributed by atoms with Crippen molar-refractivity contribution in [2.45, 2.75) is 31.0 Å². The molecule has 2 heterocycles. The molecule has 2 saturated heterocycles. The Morgan fingerprint density at radius 3 is 2.95 bits per heavy atom. The lowest BCUT2D eigenvalue weighted by Gasteiger charge is -2.24. The third-order valence-corrected chi connectivity index (χ3v) is 5.56. The van der Waals surface area contributed by atoms with Gasteiger partial charge in [-0.1, -0.05) is 30.3 Å². The van der Waals surface area contributed by atoms with E-state index in [1.165, 1.54) is 12.0 Å². The van der Waals surface area contributed by atoms with Gasteiger partial charge < -0.3 is 10.4 Å². The summed E-state index contributed by atoms with van der Waals surface area (Å²) in [6.07, 6.45) is 2.13. The first-order valence-electron chi connectivity index (χ1n) is 7.53. The normalized spacial score (nSPS) is 30.9. The van der Waals surface area contributed by atoms with E-state index in [0.29, 0.717) is 6.04 Å². The van der Waals surface area contributed by atoms with E-state index in [4.69, 9.17) is 0 Å². The Morgan fingerprint density at radius 2 is 2.20 bits per heavy atom. The van der Waals surface area contributed by atoms with Crippen LogP contribution in [0.3, 0.4) is 0 Å². The fourth-order valence-electron chi connectivity index (χ4n) is 3.05. The molecule has 2 atom stereocenters. The lowest BCUT2D eigenvalue weighted by molar-refractivity contribution is 0.0648. The highest BCUT2D eigenvalue weighted by atomic mass is 32.2. The van der Waals surface area contributed by atoms with E-state index in [0.717, 1.165) is 44.1 Å². The molecule has 0 saturated carbocycles. The molecule has 0 aromatic heterocycles. The van der Waals surface area contributed by atoms with Crippen LogP contribution in [0.5, 0.6) is 0 Å². The van der Waals surface area contributed by atoms with Crippen LogP contribution in [0.15, 0.2) is 30.3 Å². The molecule has 2 unspecified atom stereocenters. The van der Waals surface area contributed by atoms with Crippen LogP contribution in [0.25, 0.3) is 0 Å². The molecule has 0 amide bonds. The van der Waals surface area contributed by atoms with Gasteiger partial charge in [0.15, 0.2) is 0 Å². The number of nitrogens with zero attached hydrogens (tertiary/aromatic N) is 1. The maximum absolute atomic E-state index is 10.4. The Bertz CT molecular complexity index is 420. The number of hydrogen-bond acceptors (Lipinski definition) is 4. The first-order valence-corrected chi connectivity index (χ1v) is 8.69. The molecule has 2 aliphatic rings. The summed E-state index contributed by atoms with van der Waals surface area (Å²) in [5.41, 5.74) is 0.927. The second-order valence-electron chi connectivity index (χ2n) is 6.11. The maximum atomic E-state index is 10.4. The van der Waals surface area contributed by atoms with Gasteiger partial charge in [-0.3, -0.25) is 4.90 Å². The average molecular weight is 292 g/mol. The van der Waals surface area contributed by atoms with Crippen molar-refractivity contribution in [1.29, 1.82) is 0 Å². The van der Waals surface area contributed by atoms with Crippen molar-refractivity contribution >= 4 is 11.8 Å². The van der Waals surface area contributed by atoms with Crippen molar-refractivity contribution in [1.82, 2.24) is 10.2 Å². The second-order valence-corrected chi connectivity index (χ2v) is 7.22. The standard InChI is InChI=1S/C16H24N2OS/c19-16(7-9-20-13-16)12-17-15-6-8-18(11-15)10-14-4-2-1-3-5-14/h1-5,15,17,19H,6-13H2. The summed E-state index contributed by atoms with van der Waals surface area (Å²) < 4.78 is 0. The van der Waals surface area contributed by atoms with E-state index in [-0.39, 0.29) is 0 Å². The molecule has 3 rings (SSSR count). The molecule has 2 N–H and O–H groups in total. The van der Waals surface area contributed by atoms with Gasteiger partial charge in [-0.05, 0) is 24.2 Å². The highest BCUT2D eigenvalue weighted by Gasteiger charge is 2.33. The number of hydrogen-bond donors (Lipinski definition) is 2. The van der Waals surface area contributed by atoms with Gasteiger partial charge in [0.2, 0.25) is 0 Å². The first-order chi connectivity index (χ1) is 9.73. The van der Waals surface area contributed by atoms with Crippen LogP contribution in [-0.2, 0) is 6.54 Å². The summed E-state index contributed by atoms with van der Waals surface area (Å²) in [6, 6.07) is 11.2. The van der Waals surface area contributed by atoms with Crippen molar-refractivity contribution < 1.29 is 5.11 Å². The zero-order valence-corrected chi connectivity index (χ0v) is 12.7. The molecule has 2 fully saturated rings. The Labute approximate surface area is 125 Å². The highest BCUT2D eigenvalue weighted by Crippen LogP contribution is 2.27.